The van der Waals surface area contributed by atoms with Crippen LogP contribution in [0.3, 0.4) is 0 Å². The van der Waals surface area contributed by atoms with Gasteiger partial charge in [-0.2, -0.15) is 0 Å². The molecule has 0 saturated carbocycles. The van der Waals surface area contributed by atoms with E-state index in [1.807, 2.05) is 30.3 Å². The summed E-state index contributed by atoms with van der Waals surface area (Å²) in [6.45, 7) is 6.48. The maximum absolute atomic E-state index is 9.99. The second-order valence-electron chi connectivity index (χ2n) is 11.3. The lowest BCUT2D eigenvalue weighted by atomic mass is 9.71. The van der Waals surface area contributed by atoms with Gasteiger partial charge >= 0.3 is 0 Å². The summed E-state index contributed by atoms with van der Waals surface area (Å²) in [7, 11) is 0. The van der Waals surface area contributed by atoms with Crippen LogP contribution in [0.4, 0.5) is 17.1 Å². The van der Waals surface area contributed by atoms with E-state index in [9.17, 15) is 10.2 Å². The number of benzene rings is 6. The van der Waals surface area contributed by atoms with Crippen molar-refractivity contribution in [2.45, 2.75) is 26.2 Å². The molecule has 6 aromatic carbocycles. The summed E-state index contributed by atoms with van der Waals surface area (Å²) in [5.74, 6) is 0.462. The highest BCUT2D eigenvalue weighted by molar-refractivity contribution is 5.79. The first-order chi connectivity index (χ1) is 20.8. The van der Waals surface area contributed by atoms with Crippen LogP contribution in [-0.4, -0.2) is 10.2 Å². The van der Waals surface area contributed by atoms with Gasteiger partial charge in [-0.1, -0.05) is 84.9 Å². The summed E-state index contributed by atoms with van der Waals surface area (Å²) in [5, 5.41) is 20.0. The van der Waals surface area contributed by atoms with Gasteiger partial charge in [0.2, 0.25) is 0 Å². The molecule has 0 aliphatic rings. The van der Waals surface area contributed by atoms with Crippen molar-refractivity contribution in [3.63, 3.8) is 0 Å². The number of hydrogen-bond donors (Lipinski definition) is 2. The molecule has 3 nitrogen and oxygen atoms in total. The fourth-order valence-electron chi connectivity index (χ4n) is 5.78. The molecule has 43 heavy (non-hydrogen) atoms. The van der Waals surface area contributed by atoms with Crippen molar-refractivity contribution in [1.29, 1.82) is 0 Å². The predicted octanol–water partition coefficient (Wildman–Crippen LogP) is 10.2. The summed E-state index contributed by atoms with van der Waals surface area (Å²) < 4.78 is 0. The van der Waals surface area contributed by atoms with Crippen molar-refractivity contribution in [3.8, 4) is 22.6 Å². The lowest BCUT2D eigenvalue weighted by Gasteiger charge is -2.33. The Morgan fingerprint density at radius 2 is 0.860 bits per heavy atom. The van der Waals surface area contributed by atoms with Crippen LogP contribution in [-0.2, 0) is 5.41 Å². The van der Waals surface area contributed by atoms with Gasteiger partial charge in [0.1, 0.15) is 11.5 Å². The van der Waals surface area contributed by atoms with Crippen molar-refractivity contribution < 1.29 is 10.2 Å². The van der Waals surface area contributed by atoms with Crippen LogP contribution < -0.4 is 4.90 Å². The van der Waals surface area contributed by atoms with Crippen molar-refractivity contribution in [1.82, 2.24) is 0 Å². The van der Waals surface area contributed by atoms with Gasteiger partial charge < -0.3 is 15.1 Å². The summed E-state index contributed by atoms with van der Waals surface area (Å²) in [4.78, 5) is 2.30. The van der Waals surface area contributed by atoms with Gasteiger partial charge in [-0.3, -0.25) is 0 Å². The third-order valence-electron chi connectivity index (χ3n) is 8.57. The van der Waals surface area contributed by atoms with E-state index in [-0.39, 0.29) is 11.5 Å². The smallest absolute Gasteiger partial charge is 0.115 e. The van der Waals surface area contributed by atoms with Crippen molar-refractivity contribution >= 4 is 17.1 Å². The fraction of sp³-hybridized carbons (Fsp3) is 0.100. The molecule has 0 aromatic heterocycles. The SMILES string of the molecule is Cc1ccc(N(c2ccc(-c3ccccc3)cc2)c2ccc(C(C)(c3ccc(O)cc3)c3ccc(O)cc3)cc2)cc1C. The molecule has 3 heteroatoms. The monoisotopic (exact) mass is 561 g/mol. The van der Waals surface area contributed by atoms with E-state index in [0.29, 0.717) is 0 Å². The number of anilines is 3. The Labute approximate surface area is 254 Å². The molecule has 0 saturated heterocycles. The first-order valence-corrected chi connectivity index (χ1v) is 14.6. The number of phenols is 2. The first kappa shape index (κ1) is 27.9. The maximum Gasteiger partial charge on any atom is 0.115 e. The normalized spacial score (nSPS) is 11.3. The lowest BCUT2D eigenvalue weighted by molar-refractivity contribution is 0.474. The molecule has 6 rings (SSSR count). The summed E-state index contributed by atoms with van der Waals surface area (Å²) in [5.41, 5.74) is 10.8. The van der Waals surface area contributed by atoms with Gasteiger partial charge in [-0.05, 0) is 120 Å². The largest absolute Gasteiger partial charge is 0.508 e. The molecule has 0 atom stereocenters. The van der Waals surface area contributed by atoms with Gasteiger partial charge in [0, 0.05) is 22.5 Å². The molecular weight excluding hydrogens is 526 g/mol. The molecule has 0 unspecified atom stereocenters. The zero-order chi connectivity index (χ0) is 30.0. The van der Waals surface area contributed by atoms with E-state index in [1.165, 1.54) is 22.3 Å². The maximum atomic E-state index is 9.99. The molecule has 0 bridgehead atoms. The van der Waals surface area contributed by atoms with Crippen LogP contribution in [0.5, 0.6) is 11.5 Å². The standard InChI is InChI=1S/C40H35NO2/c1-28-9-18-37(27-29(28)2)41(35-19-10-31(11-20-35)30-7-5-4-6-8-30)36-21-12-32(13-22-36)40(3,33-14-23-38(42)24-15-33)34-16-25-39(43)26-17-34/h4-27,42-43H,1-3H3. The number of hydrogen-bond acceptors (Lipinski definition) is 3. The number of rotatable bonds is 7. The topological polar surface area (TPSA) is 43.7 Å². The average molecular weight is 562 g/mol. The van der Waals surface area contributed by atoms with Crippen LogP contribution in [0.15, 0.2) is 146 Å². The molecule has 0 amide bonds. The van der Waals surface area contributed by atoms with Gasteiger partial charge in [-0.15, -0.1) is 0 Å². The number of aryl methyl sites for hydroxylation is 2. The quantitative estimate of drug-likeness (QED) is 0.191. The molecule has 0 spiro atoms. The number of phenolic OH excluding ortho intramolecular Hbond substituents is 2. The Bertz CT molecular complexity index is 1780. The first-order valence-electron chi connectivity index (χ1n) is 14.6. The third kappa shape index (κ3) is 5.50. The Morgan fingerprint density at radius 1 is 0.442 bits per heavy atom. The number of aromatic hydroxyl groups is 2. The zero-order valence-electron chi connectivity index (χ0n) is 24.7. The van der Waals surface area contributed by atoms with Gasteiger partial charge in [0.25, 0.3) is 0 Å². The minimum Gasteiger partial charge on any atom is -0.508 e. The van der Waals surface area contributed by atoms with E-state index in [0.717, 1.165) is 33.8 Å². The molecule has 2 N–H and O–H groups in total. The second kappa shape index (κ2) is 11.5. The Morgan fingerprint density at radius 3 is 1.35 bits per heavy atom. The highest BCUT2D eigenvalue weighted by Crippen LogP contribution is 2.42. The van der Waals surface area contributed by atoms with Crippen molar-refractivity contribution in [3.05, 3.63) is 173 Å². The highest BCUT2D eigenvalue weighted by atomic mass is 16.3. The molecule has 6 aromatic rings. The predicted molar refractivity (Wildman–Crippen MR) is 178 cm³/mol. The number of nitrogens with zero attached hydrogens (tertiary/aromatic N) is 1. The minimum atomic E-state index is -0.511. The lowest BCUT2D eigenvalue weighted by Crippen LogP contribution is -2.25. The molecule has 0 aliphatic heterocycles. The average Bonchev–Trinajstić information content (AvgIpc) is 3.04. The second-order valence-corrected chi connectivity index (χ2v) is 11.3. The molecular formula is C40H35NO2. The van der Waals surface area contributed by atoms with Crippen molar-refractivity contribution in [2.75, 3.05) is 4.90 Å². The minimum absolute atomic E-state index is 0.231. The summed E-state index contributed by atoms with van der Waals surface area (Å²) in [6.07, 6.45) is 0. The Kier molecular flexibility index (Phi) is 7.48. The van der Waals surface area contributed by atoms with Gasteiger partial charge in [0.05, 0.1) is 0 Å². The molecule has 0 heterocycles. The molecule has 0 fully saturated rings. The van der Waals surface area contributed by atoms with Crippen molar-refractivity contribution in [2.24, 2.45) is 0 Å². The van der Waals surface area contributed by atoms with Gasteiger partial charge in [0.15, 0.2) is 0 Å². The summed E-state index contributed by atoms with van der Waals surface area (Å²) in [6, 6.07) is 49.2. The Hall–Kier alpha value is -5.28. The van der Waals surface area contributed by atoms with Crippen LogP contribution in [0.1, 0.15) is 34.7 Å². The van der Waals surface area contributed by atoms with E-state index in [1.54, 1.807) is 24.3 Å². The fourth-order valence-corrected chi connectivity index (χ4v) is 5.78. The third-order valence-corrected chi connectivity index (χ3v) is 8.57. The van der Waals surface area contributed by atoms with Gasteiger partial charge in [-0.25, -0.2) is 0 Å². The molecule has 0 aliphatic carbocycles. The van der Waals surface area contributed by atoms with Crippen LogP contribution >= 0.6 is 0 Å². The highest BCUT2D eigenvalue weighted by Gasteiger charge is 2.31. The zero-order valence-corrected chi connectivity index (χ0v) is 24.7. The van der Waals surface area contributed by atoms with E-state index < -0.39 is 5.41 Å². The van der Waals surface area contributed by atoms with Crippen LogP contribution in [0, 0.1) is 13.8 Å². The van der Waals surface area contributed by atoms with E-state index in [4.69, 9.17) is 0 Å². The van der Waals surface area contributed by atoms with E-state index in [2.05, 4.69) is 117 Å². The van der Waals surface area contributed by atoms with Crippen LogP contribution in [0.2, 0.25) is 0 Å². The van der Waals surface area contributed by atoms with Crippen LogP contribution in [0.25, 0.3) is 11.1 Å². The summed E-state index contributed by atoms with van der Waals surface area (Å²) >= 11 is 0. The Balaban J connectivity index is 1.44. The molecule has 0 radical (unpaired) electrons. The molecule has 212 valence electrons. The van der Waals surface area contributed by atoms with E-state index >= 15 is 0 Å².